The summed E-state index contributed by atoms with van der Waals surface area (Å²) in [6, 6.07) is 12.5. The SMILES string of the molecule is Ic1ccc(Sc2cccc3[nH]ccc23)nc1. The van der Waals surface area contributed by atoms with Crippen molar-refractivity contribution in [1.29, 1.82) is 0 Å². The lowest BCUT2D eigenvalue weighted by atomic mass is 10.2. The second-order valence-corrected chi connectivity index (χ2v) is 5.92. The molecule has 3 aromatic rings. The molecule has 2 aromatic heterocycles. The van der Waals surface area contributed by atoms with Crippen LogP contribution >= 0.6 is 34.4 Å². The number of nitrogens with zero attached hydrogens (tertiary/aromatic N) is 1. The largest absolute Gasteiger partial charge is 0.361 e. The smallest absolute Gasteiger partial charge is 0.101 e. The fourth-order valence-corrected chi connectivity index (χ4v) is 2.90. The lowest BCUT2D eigenvalue weighted by Gasteiger charge is -2.02. The lowest BCUT2D eigenvalue weighted by Crippen LogP contribution is -1.81. The van der Waals surface area contributed by atoms with Gasteiger partial charge < -0.3 is 4.98 Å². The van der Waals surface area contributed by atoms with Gasteiger partial charge in [-0.25, -0.2) is 4.98 Å². The van der Waals surface area contributed by atoms with Gasteiger partial charge in [0.2, 0.25) is 0 Å². The topological polar surface area (TPSA) is 28.7 Å². The van der Waals surface area contributed by atoms with Crippen molar-refractivity contribution in [2.24, 2.45) is 0 Å². The molecule has 2 nitrogen and oxygen atoms in total. The van der Waals surface area contributed by atoms with Crippen molar-refractivity contribution in [2.75, 3.05) is 0 Å². The number of nitrogens with one attached hydrogen (secondary N) is 1. The average Bonchev–Trinajstić information content (AvgIpc) is 2.81. The molecule has 0 radical (unpaired) electrons. The van der Waals surface area contributed by atoms with Gasteiger partial charge in [-0.1, -0.05) is 17.8 Å². The lowest BCUT2D eigenvalue weighted by molar-refractivity contribution is 1.12. The zero-order chi connectivity index (χ0) is 11.7. The molecule has 0 aliphatic heterocycles. The Morgan fingerprint density at radius 1 is 1.12 bits per heavy atom. The summed E-state index contributed by atoms with van der Waals surface area (Å²) in [5.74, 6) is 0. The maximum absolute atomic E-state index is 4.41. The van der Waals surface area contributed by atoms with E-state index in [-0.39, 0.29) is 0 Å². The molecular formula is C13H9IN2S. The first kappa shape index (κ1) is 11.1. The van der Waals surface area contributed by atoms with Crippen LogP contribution in [0.1, 0.15) is 0 Å². The van der Waals surface area contributed by atoms with E-state index in [1.807, 2.05) is 12.4 Å². The molecule has 0 amide bonds. The number of H-pyrrole nitrogens is 1. The van der Waals surface area contributed by atoms with E-state index in [1.165, 1.54) is 15.8 Å². The Bertz CT molecular complexity index is 646. The number of hydrogen-bond acceptors (Lipinski definition) is 2. The highest BCUT2D eigenvalue weighted by molar-refractivity contribution is 14.1. The predicted molar refractivity (Wildman–Crippen MR) is 79.4 cm³/mol. The zero-order valence-corrected chi connectivity index (χ0v) is 11.8. The van der Waals surface area contributed by atoms with E-state index in [0.717, 1.165) is 8.60 Å². The Morgan fingerprint density at radius 3 is 2.88 bits per heavy atom. The van der Waals surface area contributed by atoms with Crippen molar-refractivity contribution in [1.82, 2.24) is 9.97 Å². The van der Waals surface area contributed by atoms with Gasteiger partial charge in [0, 0.05) is 31.8 Å². The summed E-state index contributed by atoms with van der Waals surface area (Å²) in [5.41, 5.74) is 1.17. The minimum Gasteiger partial charge on any atom is -0.361 e. The van der Waals surface area contributed by atoms with E-state index >= 15 is 0 Å². The number of benzene rings is 1. The van der Waals surface area contributed by atoms with Crippen molar-refractivity contribution in [3.63, 3.8) is 0 Å². The van der Waals surface area contributed by atoms with Crippen LogP contribution in [0.25, 0.3) is 10.9 Å². The third kappa shape index (κ3) is 2.32. The summed E-state index contributed by atoms with van der Waals surface area (Å²) in [4.78, 5) is 8.86. The Morgan fingerprint density at radius 2 is 2.06 bits per heavy atom. The van der Waals surface area contributed by atoms with Gasteiger partial charge in [0.15, 0.2) is 0 Å². The van der Waals surface area contributed by atoms with Gasteiger partial charge in [-0.05, 0) is 52.9 Å². The number of halogens is 1. The zero-order valence-electron chi connectivity index (χ0n) is 8.85. The number of rotatable bonds is 2. The minimum absolute atomic E-state index is 1.03. The second kappa shape index (κ2) is 4.70. The van der Waals surface area contributed by atoms with Gasteiger partial charge in [0.05, 0.1) is 0 Å². The molecule has 3 rings (SSSR count). The second-order valence-electron chi connectivity index (χ2n) is 3.61. The van der Waals surface area contributed by atoms with E-state index in [0.29, 0.717) is 0 Å². The molecular weight excluding hydrogens is 343 g/mol. The van der Waals surface area contributed by atoms with Crippen LogP contribution in [0.5, 0.6) is 0 Å². The molecule has 0 saturated heterocycles. The first-order valence-corrected chi connectivity index (χ1v) is 7.08. The molecule has 0 aliphatic rings. The van der Waals surface area contributed by atoms with Crippen molar-refractivity contribution < 1.29 is 0 Å². The quantitative estimate of drug-likeness (QED) is 0.696. The van der Waals surface area contributed by atoms with Gasteiger partial charge in [-0.15, -0.1) is 0 Å². The monoisotopic (exact) mass is 352 g/mol. The van der Waals surface area contributed by atoms with E-state index in [2.05, 4.69) is 69.0 Å². The summed E-state index contributed by atoms with van der Waals surface area (Å²) in [6.45, 7) is 0. The first-order chi connectivity index (χ1) is 8.33. The summed E-state index contributed by atoms with van der Waals surface area (Å²) >= 11 is 3.96. The summed E-state index contributed by atoms with van der Waals surface area (Å²) in [5, 5.41) is 2.27. The minimum atomic E-state index is 1.03. The molecule has 0 spiro atoms. The predicted octanol–water partition coefficient (Wildman–Crippen LogP) is 4.32. The van der Waals surface area contributed by atoms with Crippen LogP contribution in [0.2, 0.25) is 0 Å². The van der Waals surface area contributed by atoms with Crippen LogP contribution in [-0.4, -0.2) is 9.97 Å². The maximum atomic E-state index is 4.41. The number of hydrogen-bond donors (Lipinski definition) is 1. The molecule has 4 heteroatoms. The van der Waals surface area contributed by atoms with Crippen molar-refractivity contribution >= 4 is 45.3 Å². The highest BCUT2D eigenvalue weighted by atomic mass is 127. The van der Waals surface area contributed by atoms with Crippen molar-refractivity contribution in [2.45, 2.75) is 9.92 Å². The van der Waals surface area contributed by atoms with Crippen molar-refractivity contribution in [3.8, 4) is 0 Å². The van der Waals surface area contributed by atoms with Gasteiger partial charge in [0.25, 0.3) is 0 Å². The number of aromatic amines is 1. The highest BCUT2D eigenvalue weighted by Crippen LogP contribution is 2.32. The molecule has 0 atom stereocenters. The third-order valence-corrected chi connectivity index (χ3v) is 4.13. The normalized spacial score (nSPS) is 10.9. The molecule has 0 aliphatic carbocycles. The molecule has 0 unspecified atom stereocenters. The summed E-state index contributed by atoms with van der Waals surface area (Å²) in [6.07, 6.45) is 3.86. The highest BCUT2D eigenvalue weighted by Gasteiger charge is 2.04. The van der Waals surface area contributed by atoms with Gasteiger partial charge >= 0.3 is 0 Å². The molecule has 2 heterocycles. The van der Waals surface area contributed by atoms with E-state index in [9.17, 15) is 0 Å². The fraction of sp³-hybridized carbons (Fsp3) is 0. The van der Waals surface area contributed by atoms with Gasteiger partial charge in [-0.3, -0.25) is 0 Å². The van der Waals surface area contributed by atoms with Crippen LogP contribution in [-0.2, 0) is 0 Å². The molecule has 0 bridgehead atoms. The van der Waals surface area contributed by atoms with Crippen LogP contribution in [0, 0.1) is 3.57 Å². The number of pyridine rings is 1. The van der Waals surface area contributed by atoms with Crippen LogP contribution in [0.4, 0.5) is 0 Å². The molecule has 17 heavy (non-hydrogen) atoms. The molecule has 84 valence electrons. The molecule has 1 aromatic carbocycles. The summed E-state index contributed by atoms with van der Waals surface area (Å²) in [7, 11) is 0. The molecule has 0 fully saturated rings. The Hall–Kier alpha value is -1.01. The fourth-order valence-electron chi connectivity index (χ4n) is 1.68. The van der Waals surface area contributed by atoms with E-state index in [1.54, 1.807) is 11.8 Å². The maximum Gasteiger partial charge on any atom is 0.101 e. The van der Waals surface area contributed by atoms with E-state index < -0.39 is 0 Å². The number of aromatic nitrogens is 2. The number of fused-ring (bicyclic) bond motifs is 1. The van der Waals surface area contributed by atoms with Gasteiger partial charge in [-0.2, -0.15) is 0 Å². The van der Waals surface area contributed by atoms with Crippen molar-refractivity contribution in [3.05, 3.63) is 52.4 Å². The van der Waals surface area contributed by atoms with Crippen LogP contribution < -0.4 is 0 Å². The average molecular weight is 352 g/mol. The Balaban J connectivity index is 1.99. The Kier molecular flexibility index (Phi) is 3.07. The van der Waals surface area contributed by atoms with Gasteiger partial charge in [0.1, 0.15) is 5.03 Å². The first-order valence-electron chi connectivity index (χ1n) is 5.18. The summed E-state index contributed by atoms with van der Waals surface area (Å²) < 4.78 is 1.16. The molecule has 1 N–H and O–H groups in total. The molecule has 0 saturated carbocycles. The Labute approximate surface area is 117 Å². The van der Waals surface area contributed by atoms with Crippen LogP contribution in [0.15, 0.2) is 58.7 Å². The van der Waals surface area contributed by atoms with E-state index in [4.69, 9.17) is 0 Å². The third-order valence-electron chi connectivity index (χ3n) is 2.47. The van der Waals surface area contributed by atoms with Crippen LogP contribution in [0.3, 0.4) is 0 Å². The standard InChI is InChI=1S/C13H9IN2S/c14-9-4-5-13(16-8-9)17-12-3-1-2-11-10(12)6-7-15-11/h1-8,15H.